The molecule has 1 unspecified atom stereocenters. The molecule has 0 bridgehead atoms. The van der Waals surface area contributed by atoms with Crippen LogP contribution in [0.15, 0.2) is 17.0 Å². The molecule has 2 aromatic rings. The highest BCUT2D eigenvalue weighted by molar-refractivity contribution is 5.47. The van der Waals surface area contributed by atoms with Crippen molar-refractivity contribution in [1.29, 1.82) is 0 Å². The lowest BCUT2D eigenvalue weighted by molar-refractivity contribution is 0.359. The third kappa shape index (κ3) is 1.51. The fraction of sp³-hybridized carbons (Fsp3) is 0.500. The predicted octanol–water partition coefficient (Wildman–Crippen LogP) is 0.547. The van der Waals surface area contributed by atoms with Crippen LogP contribution < -0.4 is 5.32 Å². The van der Waals surface area contributed by atoms with Gasteiger partial charge in [-0.05, 0) is 13.0 Å². The van der Waals surface area contributed by atoms with E-state index in [1.165, 1.54) is 0 Å². The first-order chi connectivity index (χ1) is 7.84. The number of hydrogen-bond acceptors (Lipinski definition) is 5. The Morgan fingerprint density at radius 3 is 3.19 bits per heavy atom. The van der Waals surface area contributed by atoms with E-state index in [-0.39, 0.29) is 0 Å². The van der Waals surface area contributed by atoms with Crippen LogP contribution in [-0.4, -0.2) is 32.8 Å². The Kier molecular flexibility index (Phi) is 2.21. The van der Waals surface area contributed by atoms with Gasteiger partial charge in [0.15, 0.2) is 0 Å². The third-order valence-electron chi connectivity index (χ3n) is 2.90. The summed E-state index contributed by atoms with van der Waals surface area (Å²) in [7, 11) is 1.91. The average molecular weight is 219 g/mol. The van der Waals surface area contributed by atoms with Crippen LogP contribution in [0.5, 0.6) is 0 Å². The van der Waals surface area contributed by atoms with E-state index in [1.54, 1.807) is 12.5 Å². The SMILES string of the molecule is Cn1cncc1-c1noc(C2CCNC2)n1. The van der Waals surface area contributed by atoms with Crippen LogP contribution in [0.3, 0.4) is 0 Å². The predicted molar refractivity (Wildman–Crippen MR) is 56.7 cm³/mol. The van der Waals surface area contributed by atoms with Gasteiger partial charge in [0.05, 0.1) is 18.4 Å². The number of aromatic nitrogens is 4. The monoisotopic (exact) mass is 219 g/mol. The van der Waals surface area contributed by atoms with Gasteiger partial charge in [-0.1, -0.05) is 5.16 Å². The molecule has 1 atom stereocenters. The zero-order chi connectivity index (χ0) is 11.0. The van der Waals surface area contributed by atoms with Gasteiger partial charge in [0.25, 0.3) is 0 Å². The summed E-state index contributed by atoms with van der Waals surface area (Å²) < 4.78 is 7.16. The molecule has 0 radical (unpaired) electrons. The molecular formula is C10H13N5O. The Morgan fingerprint density at radius 2 is 2.50 bits per heavy atom. The summed E-state index contributed by atoms with van der Waals surface area (Å²) >= 11 is 0. The van der Waals surface area contributed by atoms with E-state index in [2.05, 4.69) is 20.4 Å². The minimum absolute atomic E-state index is 0.356. The maximum Gasteiger partial charge on any atom is 0.231 e. The van der Waals surface area contributed by atoms with Crippen molar-refractivity contribution in [2.75, 3.05) is 13.1 Å². The fourth-order valence-corrected chi connectivity index (χ4v) is 1.94. The number of aryl methyl sites for hydroxylation is 1. The molecule has 0 aliphatic carbocycles. The number of nitrogens with zero attached hydrogens (tertiary/aromatic N) is 4. The van der Waals surface area contributed by atoms with Crippen LogP contribution in [0.4, 0.5) is 0 Å². The molecule has 3 heterocycles. The maximum absolute atomic E-state index is 5.29. The van der Waals surface area contributed by atoms with Crippen LogP contribution in [0, 0.1) is 0 Å². The van der Waals surface area contributed by atoms with Crippen molar-refractivity contribution in [3.8, 4) is 11.5 Å². The molecule has 0 spiro atoms. The summed E-state index contributed by atoms with van der Waals surface area (Å²) in [6.45, 7) is 1.95. The van der Waals surface area contributed by atoms with E-state index in [0.29, 0.717) is 11.7 Å². The Balaban J connectivity index is 1.90. The van der Waals surface area contributed by atoms with Gasteiger partial charge >= 0.3 is 0 Å². The van der Waals surface area contributed by atoms with Gasteiger partial charge in [-0.15, -0.1) is 0 Å². The molecule has 16 heavy (non-hydrogen) atoms. The van der Waals surface area contributed by atoms with Crippen LogP contribution in [0.1, 0.15) is 18.2 Å². The second kappa shape index (κ2) is 3.71. The third-order valence-corrected chi connectivity index (χ3v) is 2.90. The van der Waals surface area contributed by atoms with Crippen molar-refractivity contribution in [2.45, 2.75) is 12.3 Å². The minimum atomic E-state index is 0.356. The van der Waals surface area contributed by atoms with Crippen LogP contribution >= 0.6 is 0 Å². The van der Waals surface area contributed by atoms with Crippen LogP contribution in [-0.2, 0) is 7.05 Å². The van der Waals surface area contributed by atoms with Crippen LogP contribution in [0.25, 0.3) is 11.5 Å². The van der Waals surface area contributed by atoms with E-state index in [1.807, 2.05) is 11.6 Å². The highest BCUT2D eigenvalue weighted by Crippen LogP contribution is 2.23. The van der Waals surface area contributed by atoms with Crippen molar-refractivity contribution in [3.05, 3.63) is 18.4 Å². The summed E-state index contributed by atoms with van der Waals surface area (Å²) in [6, 6.07) is 0. The Hall–Kier alpha value is -1.69. The second-order valence-electron chi connectivity index (χ2n) is 4.04. The summed E-state index contributed by atoms with van der Waals surface area (Å²) in [5, 5.41) is 7.27. The van der Waals surface area contributed by atoms with Gasteiger partial charge in [0.2, 0.25) is 11.7 Å². The molecule has 1 fully saturated rings. The largest absolute Gasteiger partial charge is 0.339 e. The fourth-order valence-electron chi connectivity index (χ4n) is 1.94. The average Bonchev–Trinajstić information content (AvgIpc) is 2.96. The number of hydrogen-bond donors (Lipinski definition) is 1. The molecule has 0 amide bonds. The molecule has 1 saturated heterocycles. The zero-order valence-corrected chi connectivity index (χ0v) is 9.05. The quantitative estimate of drug-likeness (QED) is 0.798. The highest BCUT2D eigenvalue weighted by atomic mass is 16.5. The Bertz CT molecular complexity index is 483. The van der Waals surface area contributed by atoms with Gasteiger partial charge in [-0.25, -0.2) is 4.98 Å². The Morgan fingerprint density at radius 1 is 1.56 bits per heavy atom. The first kappa shape index (κ1) is 9.53. The molecule has 84 valence electrons. The van der Waals surface area contributed by atoms with Gasteiger partial charge < -0.3 is 14.4 Å². The summed E-state index contributed by atoms with van der Waals surface area (Å²) in [6.07, 6.45) is 4.52. The van der Waals surface area contributed by atoms with Crippen molar-refractivity contribution in [3.63, 3.8) is 0 Å². The maximum atomic E-state index is 5.29. The van der Waals surface area contributed by atoms with Crippen molar-refractivity contribution < 1.29 is 4.52 Å². The number of imidazole rings is 1. The summed E-state index contributed by atoms with van der Waals surface area (Å²) in [5.41, 5.74) is 0.876. The summed E-state index contributed by atoms with van der Waals surface area (Å²) in [4.78, 5) is 8.45. The van der Waals surface area contributed by atoms with Gasteiger partial charge in [-0.2, -0.15) is 4.98 Å². The van der Waals surface area contributed by atoms with Crippen molar-refractivity contribution in [1.82, 2.24) is 25.0 Å². The van der Waals surface area contributed by atoms with E-state index >= 15 is 0 Å². The van der Waals surface area contributed by atoms with Gasteiger partial charge in [0.1, 0.15) is 5.69 Å². The summed E-state index contributed by atoms with van der Waals surface area (Å²) in [5.74, 6) is 1.69. The van der Waals surface area contributed by atoms with Gasteiger partial charge in [0, 0.05) is 13.6 Å². The number of rotatable bonds is 2. The molecule has 0 saturated carbocycles. The Labute approximate surface area is 92.7 Å². The lowest BCUT2D eigenvalue weighted by Gasteiger charge is -1.98. The van der Waals surface area contributed by atoms with Gasteiger partial charge in [-0.3, -0.25) is 0 Å². The van der Waals surface area contributed by atoms with Crippen molar-refractivity contribution >= 4 is 0 Å². The van der Waals surface area contributed by atoms with E-state index in [4.69, 9.17) is 4.52 Å². The van der Waals surface area contributed by atoms with E-state index in [0.717, 1.165) is 31.1 Å². The standard InChI is InChI=1S/C10H13N5O/c1-15-6-12-5-8(15)9-13-10(16-14-9)7-2-3-11-4-7/h5-7,11H,2-4H2,1H3. The molecule has 6 nitrogen and oxygen atoms in total. The molecule has 3 rings (SSSR count). The molecule has 2 aromatic heterocycles. The first-order valence-corrected chi connectivity index (χ1v) is 5.35. The highest BCUT2D eigenvalue weighted by Gasteiger charge is 2.23. The van der Waals surface area contributed by atoms with E-state index in [9.17, 15) is 0 Å². The molecule has 1 aliphatic heterocycles. The molecule has 6 heteroatoms. The van der Waals surface area contributed by atoms with Crippen LogP contribution in [0.2, 0.25) is 0 Å². The normalized spacial score (nSPS) is 20.4. The topological polar surface area (TPSA) is 68.8 Å². The van der Waals surface area contributed by atoms with E-state index < -0.39 is 0 Å². The first-order valence-electron chi connectivity index (χ1n) is 5.35. The number of nitrogens with one attached hydrogen (secondary N) is 1. The molecular weight excluding hydrogens is 206 g/mol. The second-order valence-corrected chi connectivity index (χ2v) is 4.04. The molecule has 1 N–H and O–H groups in total. The lowest BCUT2D eigenvalue weighted by atomic mass is 10.1. The zero-order valence-electron chi connectivity index (χ0n) is 9.05. The molecule has 0 aromatic carbocycles. The minimum Gasteiger partial charge on any atom is -0.339 e. The molecule has 1 aliphatic rings. The lowest BCUT2D eigenvalue weighted by Crippen LogP contribution is -2.08. The van der Waals surface area contributed by atoms with Crippen molar-refractivity contribution in [2.24, 2.45) is 7.05 Å². The smallest absolute Gasteiger partial charge is 0.231 e.